The molecule has 33 heavy (non-hydrogen) atoms. The Bertz CT molecular complexity index is 896. The van der Waals surface area contributed by atoms with Gasteiger partial charge in [-0.3, -0.25) is 9.69 Å². The Balaban J connectivity index is 0.00000306. The van der Waals surface area contributed by atoms with Crippen LogP contribution in [0.2, 0.25) is 0 Å². The van der Waals surface area contributed by atoms with Crippen LogP contribution in [0.4, 0.5) is 0 Å². The van der Waals surface area contributed by atoms with E-state index in [0.29, 0.717) is 19.0 Å². The first-order valence-electron chi connectivity index (χ1n) is 11.9. The van der Waals surface area contributed by atoms with E-state index in [2.05, 4.69) is 38.7 Å². The predicted octanol–water partition coefficient (Wildman–Crippen LogP) is 3.56. The molecule has 1 atom stereocenters. The summed E-state index contributed by atoms with van der Waals surface area (Å²) < 4.78 is 5.74. The zero-order chi connectivity index (χ0) is 22.2. The highest BCUT2D eigenvalue weighted by molar-refractivity contribution is 14.0. The first kappa shape index (κ1) is 25.6. The molecule has 2 aromatic rings. The summed E-state index contributed by atoms with van der Waals surface area (Å²) in [6.45, 7) is 7.19. The van der Waals surface area contributed by atoms with Crippen molar-refractivity contribution in [2.75, 3.05) is 39.3 Å². The molecule has 0 saturated carbocycles. The number of amides is 1. The molecule has 2 aliphatic rings. The molecule has 2 N–H and O–H groups in total. The number of aliphatic imine (C=N–C) groups is 1. The summed E-state index contributed by atoms with van der Waals surface area (Å²) in [4.78, 5) is 21.8. The summed E-state index contributed by atoms with van der Waals surface area (Å²) in [7, 11) is 0. The molecule has 1 fully saturated rings. The minimum Gasteiger partial charge on any atom is -0.468 e. The molecular weight excluding hydrogens is 529 g/mol. The molecular formula is C25H36IN5O2. The van der Waals surface area contributed by atoms with Gasteiger partial charge in [-0.1, -0.05) is 30.7 Å². The fourth-order valence-corrected chi connectivity index (χ4v) is 4.61. The van der Waals surface area contributed by atoms with E-state index in [1.165, 1.54) is 30.4 Å². The molecule has 8 heteroatoms. The maximum atomic E-state index is 12.8. The largest absolute Gasteiger partial charge is 0.468 e. The van der Waals surface area contributed by atoms with E-state index in [1.807, 2.05) is 30.0 Å². The Kier molecular flexibility index (Phi) is 10.1. The predicted molar refractivity (Wildman–Crippen MR) is 142 cm³/mol. The van der Waals surface area contributed by atoms with Crippen LogP contribution in [0.3, 0.4) is 0 Å². The number of halogens is 1. The topological polar surface area (TPSA) is 73.1 Å². The Morgan fingerprint density at radius 1 is 1.06 bits per heavy atom. The Morgan fingerprint density at radius 3 is 2.58 bits per heavy atom. The van der Waals surface area contributed by atoms with Crippen molar-refractivity contribution >= 4 is 35.8 Å². The molecule has 0 aliphatic carbocycles. The van der Waals surface area contributed by atoms with Crippen LogP contribution in [-0.4, -0.2) is 60.9 Å². The monoisotopic (exact) mass is 565 g/mol. The van der Waals surface area contributed by atoms with Crippen LogP contribution in [0.15, 0.2) is 52.1 Å². The second kappa shape index (κ2) is 13.0. The van der Waals surface area contributed by atoms with Crippen molar-refractivity contribution in [3.63, 3.8) is 0 Å². The normalized spacial score (nSPS) is 17.6. The van der Waals surface area contributed by atoms with E-state index < -0.39 is 0 Å². The van der Waals surface area contributed by atoms with Gasteiger partial charge in [0.25, 0.3) is 0 Å². The molecule has 180 valence electrons. The van der Waals surface area contributed by atoms with E-state index >= 15 is 0 Å². The maximum Gasteiger partial charge on any atom is 0.244 e. The second-order valence-electron chi connectivity index (χ2n) is 8.54. The van der Waals surface area contributed by atoms with Crippen molar-refractivity contribution in [1.29, 1.82) is 0 Å². The number of rotatable bonds is 7. The Morgan fingerprint density at radius 2 is 1.85 bits per heavy atom. The second-order valence-corrected chi connectivity index (χ2v) is 8.54. The van der Waals surface area contributed by atoms with E-state index in [9.17, 15) is 4.79 Å². The van der Waals surface area contributed by atoms with Gasteiger partial charge in [0.15, 0.2) is 5.96 Å². The third kappa shape index (κ3) is 6.96. The minimum atomic E-state index is 0. The highest BCUT2D eigenvalue weighted by Crippen LogP contribution is 2.24. The molecule has 1 saturated heterocycles. The number of benzene rings is 1. The van der Waals surface area contributed by atoms with Gasteiger partial charge in [0, 0.05) is 26.2 Å². The van der Waals surface area contributed by atoms with Gasteiger partial charge in [-0.2, -0.15) is 0 Å². The smallest absolute Gasteiger partial charge is 0.244 e. The van der Waals surface area contributed by atoms with Crippen molar-refractivity contribution < 1.29 is 9.21 Å². The van der Waals surface area contributed by atoms with Gasteiger partial charge in [0.05, 0.1) is 12.3 Å². The van der Waals surface area contributed by atoms with Gasteiger partial charge >= 0.3 is 0 Å². The fraction of sp³-hybridized carbons (Fsp3) is 0.520. The number of carbonyl (C=O) groups excluding carboxylic acids is 1. The SMILES string of the molecule is CCNC(=NCC(=O)N1CCc2ccccc2C1)NCC(c1ccco1)N1CCCCC1.I. The number of fused-ring (bicyclic) bond motifs is 1. The van der Waals surface area contributed by atoms with Crippen LogP contribution in [0.5, 0.6) is 0 Å². The van der Waals surface area contributed by atoms with Crippen molar-refractivity contribution in [3.05, 3.63) is 59.5 Å². The van der Waals surface area contributed by atoms with E-state index in [1.54, 1.807) is 6.26 Å². The molecule has 0 spiro atoms. The highest BCUT2D eigenvalue weighted by atomic mass is 127. The minimum absolute atomic E-state index is 0. The molecule has 4 rings (SSSR count). The fourth-order valence-electron chi connectivity index (χ4n) is 4.61. The van der Waals surface area contributed by atoms with Crippen LogP contribution < -0.4 is 10.6 Å². The number of carbonyl (C=O) groups is 1. The molecule has 1 amide bonds. The molecule has 1 aromatic heterocycles. The molecule has 1 aromatic carbocycles. The van der Waals surface area contributed by atoms with Crippen molar-refractivity contribution in [1.82, 2.24) is 20.4 Å². The summed E-state index contributed by atoms with van der Waals surface area (Å²) in [5.41, 5.74) is 2.58. The molecule has 0 bridgehead atoms. The Hall–Kier alpha value is -2.07. The third-order valence-electron chi connectivity index (χ3n) is 6.37. The van der Waals surface area contributed by atoms with Gasteiger partial charge in [-0.25, -0.2) is 4.99 Å². The van der Waals surface area contributed by atoms with E-state index in [4.69, 9.17) is 4.42 Å². The first-order valence-corrected chi connectivity index (χ1v) is 11.9. The average molecular weight is 566 g/mol. The summed E-state index contributed by atoms with van der Waals surface area (Å²) in [6.07, 6.45) is 6.38. The standard InChI is InChI=1S/C25H35N5O2.HI/c1-2-26-25(27-17-22(23-11-8-16-32-23)29-13-6-3-7-14-29)28-18-24(31)30-15-12-20-9-4-5-10-21(20)19-30;/h4-5,8-11,16,22H,2-3,6-7,12-15,17-19H2,1H3,(H2,26,27,28);1H. The third-order valence-corrected chi connectivity index (χ3v) is 6.37. The zero-order valence-corrected chi connectivity index (χ0v) is 21.8. The van der Waals surface area contributed by atoms with Gasteiger partial charge in [-0.15, -0.1) is 24.0 Å². The number of piperidine rings is 1. The first-order chi connectivity index (χ1) is 15.7. The Labute approximate surface area is 214 Å². The average Bonchev–Trinajstić information content (AvgIpc) is 3.37. The van der Waals surface area contributed by atoms with Crippen LogP contribution in [0, 0.1) is 0 Å². The lowest BCUT2D eigenvalue weighted by Gasteiger charge is -2.33. The summed E-state index contributed by atoms with van der Waals surface area (Å²) in [5, 5.41) is 6.73. The van der Waals surface area contributed by atoms with Crippen molar-refractivity contribution in [2.24, 2.45) is 4.99 Å². The lowest BCUT2D eigenvalue weighted by Crippen LogP contribution is -2.45. The summed E-state index contributed by atoms with van der Waals surface area (Å²) in [6, 6.07) is 12.5. The summed E-state index contributed by atoms with van der Waals surface area (Å²) in [5.74, 6) is 1.71. The van der Waals surface area contributed by atoms with Crippen LogP contribution in [0.1, 0.15) is 49.1 Å². The van der Waals surface area contributed by atoms with E-state index in [-0.39, 0.29) is 42.5 Å². The molecule has 0 radical (unpaired) electrons. The number of nitrogens with zero attached hydrogens (tertiary/aromatic N) is 3. The quantitative estimate of drug-likeness (QED) is 0.305. The van der Waals surface area contributed by atoms with Crippen LogP contribution in [0.25, 0.3) is 0 Å². The van der Waals surface area contributed by atoms with Gasteiger partial charge in [0.2, 0.25) is 5.91 Å². The van der Waals surface area contributed by atoms with Gasteiger partial charge < -0.3 is 20.0 Å². The summed E-state index contributed by atoms with van der Waals surface area (Å²) >= 11 is 0. The number of likely N-dealkylation sites (tertiary alicyclic amines) is 1. The highest BCUT2D eigenvalue weighted by Gasteiger charge is 2.25. The van der Waals surface area contributed by atoms with Crippen LogP contribution >= 0.6 is 24.0 Å². The number of furan rings is 1. The number of guanidine groups is 1. The van der Waals surface area contributed by atoms with Gasteiger partial charge in [0.1, 0.15) is 12.3 Å². The molecule has 2 aliphatic heterocycles. The molecule has 7 nitrogen and oxygen atoms in total. The van der Waals surface area contributed by atoms with E-state index in [0.717, 1.165) is 38.4 Å². The lowest BCUT2D eigenvalue weighted by molar-refractivity contribution is -0.130. The van der Waals surface area contributed by atoms with Crippen molar-refractivity contribution in [3.8, 4) is 0 Å². The van der Waals surface area contributed by atoms with Gasteiger partial charge in [-0.05, 0) is 62.5 Å². The lowest BCUT2D eigenvalue weighted by atomic mass is 10.00. The van der Waals surface area contributed by atoms with Crippen molar-refractivity contribution in [2.45, 2.75) is 45.2 Å². The maximum absolute atomic E-state index is 12.8. The molecule has 1 unspecified atom stereocenters. The number of nitrogens with one attached hydrogen (secondary N) is 2. The zero-order valence-electron chi connectivity index (χ0n) is 19.5. The number of hydrogen-bond donors (Lipinski definition) is 2. The molecule has 3 heterocycles. The number of hydrogen-bond acceptors (Lipinski definition) is 4. The van der Waals surface area contributed by atoms with Crippen LogP contribution in [-0.2, 0) is 17.8 Å².